The number of ether oxygens (including phenoxy) is 1. The third-order valence-electron chi connectivity index (χ3n) is 2.15. The molecule has 1 aliphatic rings. The number of esters is 1. The van der Waals surface area contributed by atoms with E-state index >= 15 is 0 Å². The zero-order chi connectivity index (χ0) is 8.10. The Balaban J connectivity index is 2.27. The highest BCUT2D eigenvalue weighted by molar-refractivity contribution is 6.08. The second-order valence-corrected chi connectivity index (χ2v) is 3.23. The molecule has 1 aliphatic carbocycles. The second kappa shape index (κ2) is 4.54. The minimum atomic E-state index is -0.0281. The van der Waals surface area contributed by atoms with Crippen LogP contribution in [0.15, 0.2) is 0 Å². The smallest absolute Gasteiger partial charge is 0.308 e. The van der Waals surface area contributed by atoms with Crippen LogP contribution in [0.3, 0.4) is 0 Å². The lowest BCUT2D eigenvalue weighted by atomic mass is 9.89. The molecule has 0 saturated heterocycles. The molecule has 0 aromatic rings. The Morgan fingerprint density at radius 3 is 2.55 bits per heavy atom. The van der Waals surface area contributed by atoms with Crippen molar-refractivity contribution in [2.24, 2.45) is 5.92 Å². The third kappa shape index (κ3) is 2.65. The molecule has 2 nitrogen and oxygen atoms in total. The van der Waals surface area contributed by atoms with Crippen molar-refractivity contribution in [2.75, 3.05) is 6.23 Å². The van der Waals surface area contributed by atoms with E-state index in [1.807, 2.05) is 0 Å². The van der Waals surface area contributed by atoms with E-state index in [9.17, 15) is 4.79 Å². The van der Waals surface area contributed by atoms with Gasteiger partial charge in [-0.25, -0.2) is 0 Å². The maximum Gasteiger partial charge on any atom is 0.308 e. The van der Waals surface area contributed by atoms with E-state index in [2.05, 4.69) is 10.2 Å². The van der Waals surface area contributed by atoms with Gasteiger partial charge in [0.2, 0.25) is 0 Å². The molecule has 11 heavy (non-hydrogen) atoms. The van der Waals surface area contributed by atoms with E-state index in [4.69, 9.17) is 4.74 Å². The Hall–Kier alpha value is -0.313. The molecule has 0 aromatic heterocycles. The minimum Gasteiger partial charge on any atom is -0.470 e. The van der Waals surface area contributed by atoms with Gasteiger partial charge in [-0.1, -0.05) is 19.3 Å². The summed E-state index contributed by atoms with van der Waals surface area (Å²) in [5.74, 6) is 0.153. The number of carbonyl (C=O) groups excluding carboxylic acids is 1. The minimum absolute atomic E-state index is 0.0281. The van der Waals surface area contributed by atoms with Crippen molar-refractivity contribution in [3.05, 3.63) is 0 Å². The van der Waals surface area contributed by atoms with Crippen molar-refractivity contribution < 1.29 is 9.53 Å². The Bertz CT molecular complexity index is 130. The lowest BCUT2D eigenvalue weighted by Gasteiger charge is -2.19. The van der Waals surface area contributed by atoms with Gasteiger partial charge in [0.25, 0.3) is 0 Å². The molecule has 0 atom stereocenters. The predicted molar refractivity (Wildman–Crippen MR) is 43.3 cm³/mol. The summed E-state index contributed by atoms with van der Waals surface area (Å²) < 4.78 is 4.86. The van der Waals surface area contributed by atoms with Crippen molar-refractivity contribution in [1.29, 1.82) is 0 Å². The Kier molecular flexibility index (Phi) is 3.63. The lowest BCUT2D eigenvalue weighted by Crippen LogP contribution is -2.20. The molecule has 0 bridgehead atoms. The summed E-state index contributed by atoms with van der Waals surface area (Å²) in [5.41, 5.74) is 0. The Morgan fingerprint density at radius 2 is 2.00 bits per heavy atom. The van der Waals surface area contributed by atoms with E-state index in [-0.39, 0.29) is 11.9 Å². The molecule has 1 saturated carbocycles. The predicted octanol–water partition coefficient (Wildman–Crippen LogP) is 1.24. The fraction of sp³-hybridized carbons (Fsp3) is 0.875. The van der Waals surface area contributed by atoms with Gasteiger partial charge < -0.3 is 4.74 Å². The number of hydrogen-bond donors (Lipinski definition) is 0. The summed E-state index contributed by atoms with van der Waals surface area (Å²) in [6, 6.07) is 0. The van der Waals surface area contributed by atoms with Crippen LogP contribution in [0.1, 0.15) is 32.1 Å². The summed E-state index contributed by atoms with van der Waals surface area (Å²) in [5, 5.41) is 0. The van der Waals surface area contributed by atoms with Gasteiger partial charge in [0.15, 0.2) is 0 Å². The van der Waals surface area contributed by atoms with Gasteiger partial charge in [-0.15, -0.1) is 0 Å². The summed E-state index contributed by atoms with van der Waals surface area (Å²) >= 11 is 0. The van der Waals surface area contributed by atoms with Gasteiger partial charge in [0.05, 0.1) is 22.4 Å². The molecular weight excluding hydrogens is 156 g/mol. The summed E-state index contributed by atoms with van der Waals surface area (Å²) in [4.78, 5) is 11.1. The molecule has 0 amide bonds. The van der Waals surface area contributed by atoms with Crippen LogP contribution in [0.2, 0.25) is 0 Å². The molecule has 0 N–H and O–H groups in total. The monoisotopic (exact) mass is 169 g/mol. The topological polar surface area (TPSA) is 26.3 Å². The first-order chi connectivity index (χ1) is 5.34. The molecular formula is C8H13O2Si. The first kappa shape index (κ1) is 8.78. The quantitative estimate of drug-likeness (QED) is 0.459. The highest BCUT2D eigenvalue weighted by Crippen LogP contribution is 2.24. The maximum atomic E-state index is 11.1. The number of carbonyl (C=O) groups is 1. The van der Waals surface area contributed by atoms with E-state index in [0.717, 1.165) is 12.8 Å². The molecule has 0 aliphatic heterocycles. The van der Waals surface area contributed by atoms with E-state index in [0.29, 0.717) is 6.23 Å². The Labute approximate surface area is 70.7 Å². The van der Waals surface area contributed by atoms with E-state index in [1.165, 1.54) is 19.3 Å². The standard InChI is InChI=1S/C8H13O2Si/c9-8(10-6-11)7-4-2-1-3-5-7/h7H,1-6H2. The molecule has 1 rings (SSSR count). The molecule has 1 fully saturated rings. The molecule has 3 heteroatoms. The van der Waals surface area contributed by atoms with Crippen LogP contribution < -0.4 is 0 Å². The SMILES string of the molecule is O=C(OC[Si])C1CCCCC1. The van der Waals surface area contributed by atoms with Crippen molar-refractivity contribution in [3.8, 4) is 0 Å². The third-order valence-corrected chi connectivity index (χ3v) is 2.30. The lowest BCUT2D eigenvalue weighted by molar-refractivity contribution is -0.147. The van der Waals surface area contributed by atoms with E-state index in [1.54, 1.807) is 0 Å². The van der Waals surface area contributed by atoms with Crippen LogP contribution in [0.25, 0.3) is 0 Å². The fourth-order valence-electron chi connectivity index (χ4n) is 1.53. The fourth-order valence-corrected chi connectivity index (χ4v) is 1.67. The van der Waals surface area contributed by atoms with Crippen LogP contribution in [-0.4, -0.2) is 22.4 Å². The highest BCUT2D eigenvalue weighted by Gasteiger charge is 2.21. The largest absolute Gasteiger partial charge is 0.470 e. The van der Waals surface area contributed by atoms with Crippen molar-refractivity contribution in [1.82, 2.24) is 0 Å². The van der Waals surface area contributed by atoms with Crippen LogP contribution in [0, 0.1) is 5.92 Å². The molecule has 0 spiro atoms. The highest BCUT2D eigenvalue weighted by atomic mass is 28.1. The molecule has 61 valence electrons. The van der Waals surface area contributed by atoms with Crippen LogP contribution >= 0.6 is 0 Å². The van der Waals surface area contributed by atoms with Gasteiger partial charge in [0.1, 0.15) is 0 Å². The van der Waals surface area contributed by atoms with Crippen molar-refractivity contribution in [2.45, 2.75) is 32.1 Å². The number of rotatable bonds is 2. The van der Waals surface area contributed by atoms with Crippen LogP contribution in [0.5, 0.6) is 0 Å². The van der Waals surface area contributed by atoms with Crippen LogP contribution in [-0.2, 0) is 9.53 Å². The van der Waals surface area contributed by atoms with E-state index < -0.39 is 0 Å². The zero-order valence-corrected chi connectivity index (χ0v) is 7.64. The van der Waals surface area contributed by atoms with Gasteiger partial charge in [-0.3, -0.25) is 4.79 Å². The number of hydrogen-bond acceptors (Lipinski definition) is 2. The summed E-state index contributed by atoms with van der Waals surface area (Å²) in [6.45, 7) is 0. The molecule has 0 unspecified atom stereocenters. The van der Waals surface area contributed by atoms with Crippen molar-refractivity contribution >= 4 is 16.2 Å². The summed E-state index contributed by atoms with van der Waals surface area (Å²) in [7, 11) is 3.12. The zero-order valence-electron chi connectivity index (χ0n) is 6.64. The molecule has 3 radical (unpaired) electrons. The first-order valence-electron chi connectivity index (χ1n) is 4.16. The maximum absolute atomic E-state index is 11.1. The van der Waals surface area contributed by atoms with Crippen molar-refractivity contribution in [3.63, 3.8) is 0 Å². The average molecular weight is 169 g/mol. The van der Waals surface area contributed by atoms with Crippen LogP contribution in [0.4, 0.5) is 0 Å². The van der Waals surface area contributed by atoms with Gasteiger partial charge in [-0.05, 0) is 12.8 Å². The molecule has 0 aromatic carbocycles. The molecule has 0 heterocycles. The Morgan fingerprint density at radius 1 is 1.36 bits per heavy atom. The average Bonchev–Trinajstić information content (AvgIpc) is 2.07. The van der Waals surface area contributed by atoms with Gasteiger partial charge >= 0.3 is 5.97 Å². The normalized spacial score (nSPS) is 19.7. The summed E-state index contributed by atoms with van der Waals surface area (Å²) in [6.07, 6.45) is 6.01. The van der Waals surface area contributed by atoms with Gasteiger partial charge in [-0.2, -0.15) is 0 Å². The second-order valence-electron chi connectivity index (χ2n) is 2.94. The first-order valence-corrected chi connectivity index (χ1v) is 4.86. The van der Waals surface area contributed by atoms with Gasteiger partial charge in [0, 0.05) is 0 Å².